The van der Waals surface area contributed by atoms with Gasteiger partial charge in [0.2, 0.25) is 5.95 Å². The minimum atomic E-state index is 0.466. The van der Waals surface area contributed by atoms with Gasteiger partial charge in [0.05, 0.1) is 11.6 Å². The summed E-state index contributed by atoms with van der Waals surface area (Å²) in [4.78, 5) is 11.6. The quantitative estimate of drug-likeness (QED) is 0.772. The molecular weight excluding hydrogens is 266 g/mol. The van der Waals surface area contributed by atoms with Crippen molar-refractivity contribution in [3.63, 3.8) is 0 Å². The van der Waals surface area contributed by atoms with Gasteiger partial charge in [0, 0.05) is 31.7 Å². The Balaban J connectivity index is 1.55. The third kappa shape index (κ3) is 2.53. The van der Waals surface area contributed by atoms with Crippen LogP contribution in [-0.2, 0) is 0 Å². The molecule has 0 aromatic carbocycles. The molecule has 4 rings (SSSR count). The maximum Gasteiger partial charge on any atom is 0.226 e. The van der Waals surface area contributed by atoms with Crippen LogP contribution in [0.15, 0.2) is 6.20 Å². The van der Waals surface area contributed by atoms with Crippen LogP contribution in [0.25, 0.3) is 11.0 Å². The van der Waals surface area contributed by atoms with Crippen molar-refractivity contribution in [2.75, 3.05) is 30.3 Å². The Hall–Kier alpha value is -1.89. The maximum absolute atomic E-state index is 4.60. The molecule has 2 fully saturated rings. The average Bonchev–Trinajstić information content (AvgIpc) is 3.03. The first-order valence-corrected chi connectivity index (χ1v) is 7.79. The van der Waals surface area contributed by atoms with E-state index >= 15 is 0 Å². The molecule has 1 unspecified atom stereocenters. The van der Waals surface area contributed by atoms with Crippen molar-refractivity contribution in [3.8, 4) is 0 Å². The summed E-state index contributed by atoms with van der Waals surface area (Å²) >= 11 is 0. The molecule has 0 bridgehead atoms. The van der Waals surface area contributed by atoms with E-state index in [4.69, 9.17) is 0 Å². The van der Waals surface area contributed by atoms with Crippen molar-refractivity contribution in [2.24, 2.45) is 0 Å². The van der Waals surface area contributed by atoms with Gasteiger partial charge in [-0.15, -0.1) is 0 Å². The van der Waals surface area contributed by atoms with Crippen LogP contribution in [0.2, 0.25) is 0 Å². The van der Waals surface area contributed by atoms with Crippen molar-refractivity contribution < 1.29 is 0 Å². The van der Waals surface area contributed by atoms with Gasteiger partial charge in [-0.3, -0.25) is 10.00 Å². The topological polar surface area (TPSA) is 81.8 Å². The summed E-state index contributed by atoms with van der Waals surface area (Å²) in [5.74, 6) is 1.53. The Labute approximate surface area is 123 Å². The number of aromatic amines is 1. The van der Waals surface area contributed by atoms with E-state index in [1.165, 1.54) is 25.8 Å². The second-order valence-corrected chi connectivity index (χ2v) is 5.91. The molecule has 1 saturated carbocycles. The molecule has 7 heteroatoms. The van der Waals surface area contributed by atoms with Gasteiger partial charge in [-0.05, 0) is 26.2 Å². The van der Waals surface area contributed by atoms with Crippen molar-refractivity contribution in [1.82, 2.24) is 25.1 Å². The molecule has 112 valence electrons. The number of nitrogens with zero attached hydrogens (tertiary/aromatic N) is 4. The normalized spacial score (nSPS) is 22.8. The fraction of sp³-hybridized carbons (Fsp3) is 0.643. The van der Waals surface area contributed by atoms with E-state index in [0.717, 1.165) is 36.0 Å². The molecule has 2 aromatic rings. The largest absolute Gasteiger partial charge is 0.365 e. The summed E-state index contributed by atoms with van der Waals surface area (Å²) in [6.45, 7) is 5.16. The number of H-pyrrole nitrogens is 1. The molecular formula is C14H21N7. The molecule has 1 saturated heterocycles. The minimum absolute atomic E-state index is 0.466. The van der Waals surface area contributed by atoms with Gasteiger partial charge in [-0.1, -0.05) is 0 Å². The van der Waals surface area contributed by atoms with Crippen molar-refractivity contribution in [2.45, 2.75) is 38.3 Å². The van der Waals surface area contributed by atoms with Crippen LogP contribution in [0.5, 0.6) is 0 Å². The van der Waals surface area contributed by atoms with Gasteiger partial charge in [0.1, 0.15) is 5.82 Å². The average molecular weight is 287 g/mol. The van der Waals surface area contributed by atoms with E-state index in [-0.39, 0.29) is 0 Å². The zero-order valence-corrected chi connectivity index (χ0v) is 12.3. The number of hydrogen-bond acceptors (Lipinski definition) is 6. The molecule has 0 amide bonds. The van der Waals surface area contributed by atoms with E-state index in [0.29, 0.717) is 12.0 Å². The summed E-state index contributed by atoms with van der Waals surface area (Å²) in [5, 5.41) is 14.7. The van der Waals surface area contributed by atoms with Crippen LogP contribution in [-0.4, -0.2) is 56.8 Å². The molecule has 3 N–H and O–H groups in total. The smallest absolute Gasteiger partial charge is 0.226 e. The highest BCUT2D eigenvalue weighted by Gasteiger charge is 2.34. The number of likely N-dealkylation sites (tertiary alicyclic amines) is 1. The van der Waals surface area contributed by atoms with E-state index in [9.17, 15) is 0 Å². The second kappa shape index (κ2) is 5.14. The molecule has 7 nitrogen and oxygen atoms in total. The summed E-state index contributed by atoms with van der Waals surface area (Å²) in [7, 11) is 0. The SMILES string of the molecule is CCNc1nc(NC2CCN(C3CC3)C2)c2cn[nH]c2n1. The zero-order chi connectivity index (χ0) is 14.2. The first kappa shape index (κ1) is 12.8. The molecule has 1 aliphatic heterocycles. The van der Waals surface area contributed by atoms with Crippen LogP contribution >= 0.6 is 0 Å². The van der Waals surface area contributed by atoms with Gasteiger partial charge in [0.15, 0.2) is 5.65 Å². The third-order valence-electron chi connectivity index (χ3n) is 4.27. The van der Waals surface area contributed by atoms with Gasteiger partial charge < -0.3 is 10.6 Å². The summed E-state index contributed by atoms with van der Waals surface area (Å²) < 4.78 is 0. The number of hydrogen-bond donors (Lipinski definition) is 3. The van der Waals surface area contributed by atoms with Crippen molar-refractivity contribution in [1.29, 1.82) is 0 Å². The Morgan fingerprint density at radius 2 is 2.24 bits per heavy atom. The zero-order valence-electron chi connectivity index (χ0n) is 12.3. The van der Waals surface area contributed by atoms with Crippen LogP contribution in [0.3, 0.4) is 0 Å². The van der Waals surface area contributed by atoms with Crippen molar-refractivity contribution >= 4 is 22.8 Å². The van der Waals surface area contributed by atoms with E-state index in [1.807, 2.05) is 6.92 Å². The van der Waals surface area contributed by atoms with Crippen LogP contribution < -0.4 is 10.6 Å². The fourth-order valence-corrected chi connectivity index (χ4v) is 3.05. The summed E-state index contributed by atoms with van der Waals surface area (Å²) in [5.41, 5.74) is 0.778. The highest BCUT2D eigenvalue weighted by atomic mass is 15.3. The van der Waals surface area contributed by atoms with Crippen molar-refractivity contribution in [3.05, 3.63) is 6.20 Å². The monoisotopic (exact) mass is 287 g/mol. The van der Waals surface area contributed by atoms with Crippen LogP contribution in [0.4, 0.5) is 11.8 Å². The lowest BCUT2D eigenvalue weighted by molar-refractivity contribution is 0.326. The molecule has 0 radical (unpaired) electrons. The molecule has 0 spiro atoms. The predicted octanol–water partition coefficient (Wildman–Crippen LogP) is 1.43. The lowest BCUT2D eigenvalue weighted by Gasteiger charge is -2.17. The molecule has 1 atom stereocenters. The number of nitrogens with one attached hydrogen (secondary N) is 3. The summed E-state index contributed by atoms with van der Waals surface area (Å²) in [6.07, 6.45) is 5.71. The third-order valence-corrected chi connectivity index (χ3v) is 4.27. The Morgan fingerprint density at radius 3 is 3.05 bits per heavy atom. The number of rotatable bonds is 5. The molecule has 2 aliphatic rings. The summed E-state index contributed by atoms with van der Waals surface area (Å²) in [6, 6.07) is 1.31. The number of aromatic nitrogens is 4. The lowest BCUT2D eigenvalue weighted by atomic mass is 10.2. The molecule has 3 heterocycles. The second-order valence-electron chi connectivity index (χ2n) is 5.91. The van der Waals surface area contributed by atoms with Gasteiger partial charge in [0.25, 0.3) is 0 Å². The van der Waals surface area contributed by atoms with Crippen LogP contribution in [0, 0.1) is 0 Å². The van der Waals surface area contributed by atoms with E-state index in [2.05, 4.69) is 35.7 Å². The number of anilines is 2. The first-order valence-electron chi connectivity index (χ1n) is 7.79. The highest BCUT2D eigenvalue weighted by Crippen LogP contribution is 2.31. The molecule has 1 aliphatic carbocycles. The van der Waals surface area contributed by atoms with Crippen LogP contribution in [0.1, 0.15) is 26.2 Å². The maximum atomic E-state index is 4.60. The predicted molar refractivity (Wildman–Crippen MR) is 82.5 cm³/mol. The fourth-order valence-electron chi connectivity index (χ4n) is 3.05. The molecule has 21 heavy (non-hydrogen) atoms. The Morgan fingerprint density at radius 1 is 1.33 bits per heavy atom. The lowest BCUT2D eigenvalue weighted by Crippen LogP contribution is -2.28. The van der Waals surface area contributed by atoms with Gasteiger partial charge in [-0.25, -0.2) is 0 Å². The van der Waals surface area contributed by atoms with Gasteiger partial charge in [-0.2, -0.15) is 15.1 Å². The Kier molecular flexibility index (Phi) is 3.14. The highest BCUT2D eigenvalue weighted by molar-refractivity contribution is 5.87. The minimum Gasteiger partial charge on any atom is -0.365 e. The van der Waals surface area contributed by atoms with Gasteiger partial charge >= 0.3 is 0 Å². The standard InChI is InChI=1S/C14H21N7/c1-2-15-14-18-12(11-7-16-20-13(11)19-14)17-9-5-6-21(8-9)10-3-4-10/h7,9-10H,2-6,8H2,1H3,(H3,15,16,17,18,19,20). The van der Waals surface area contributed by atoms with E-state index < -0.39 is 0 Å². The Bertz CT molecular complexity index is 633. The molecule has 2 aromatic heterocycles. The van der Waals surface area contributed by atoms with E-state index in [1.54, 1.807) is 6.20 Å². The number of fused-ring (bicyclic) bond motifs is 1. The first-order chi connectivity index (χ1) is 10.3.